The zero-order valence-corrected chi connectivity index (χ0v) is 12.3. The summed E-state index contributed by atoms with van der Waals surface area (Å²) in [5, 5.41) is 0. The molecule has 0 spiro atoms. The Balaban J connectivity index is 2.10. The van der Waals surface area contributed by atoms with Crippen LogP contribution in [-0.4, -0.2) is 29.9 Å². The average molecular weight is 293 g/mol. The SMILES string of the molecule is CCS(=O)(=O)CCCC(N)c1cccc2nccnc12. The van der Waals surface area contributed by atoms with Crippen LogP contribution >= 0.6 is 0 Å². The van der Waals surface area contributed by atoms with E-state index in [0.717, 1.165) is 16.6 Å². The van der Waals surface area contributed by atoms with Crippen LogP contribution in [0.1, 0.15) is 31.4 Å². The van der Waals surface area contributed by atoms with E-state index >= 15 is 0 Å². The fraction of sp³-hybridized carbons (Fsp3) is 0.429. The lowest BCUT2D eigenvalue weighted by molar-refractivity contribution is 0.584. The molecule has 1 aromatic carbocycles. The quantitative estimate of drug-likeness (QED) is 0.878. The predicted octanol–water partition coefficient (Wildman–Crippen LogP) is 1.84. The third kappa shape index (κ3) is 3.52. The molecule has 1 atom stereocenters. The van der Waals surface area contributed by atoms with Gasteiger partial charge in [0.15, 0.2) is 0 Å². The first-order valence-electron chi connectivity index (χ1n) is 6.69. The van der Waals surface area contributed by atoms with E-state index in [4.69, 9.17) is 5.73 Å². The van der Waals surface area contributed by atoms with E-state index < -0.39 is 9.84 Å². The molecule has 108 valence electrons. The van der Waals surface area contributed by atoms with Crippen LogP contribution < -0.4 is 5.73 Å². The van der Waals surface area contributed by atoms with Crippen molar-refractivity contribution in [3.8, 4) is 0 Å². The second-order valence-corrected chi connectivity index (χ2v) is 7.23. The molecule has 6 heteroatoms. The minimum atomic E-state index is -2.92. The van der Waals surface area contributed by atoms with Gasteiger partial charge in [-0.05, 0) is 24.5 Å². The number of benzene rings is 1. The summed E-state index contributed by atoms with van der Waals surface area (Å²) in [4.78, 5) is 8.56. The summed E-state index contributed by atoms with van der Waals surface area (Å²) in [5.41, 5.74) is 8.69. The van der Waals surface area contributed by atoms with E-state index in [1.807, 2.05) is 18.2 Å². The molecule has 5 nitrogen and oxygen atoms in total. The minimum absolute atomic E-state index is 0.183. The summed E-state index contributed by atoms with van der Waals surface area (Å²) in [7, 11) is -2.92. The van der Waals surface area contributed by atoms with E-state index in [1.54, 1.807) is 19.3 Å². The molecule has 2 N–H and O–H groups in total. The van der Waals surface area contributed by atoms with Crippen LogP contribution in [0.2, 0.25) is 0 Å². The van der Waals surface area contributed by atoms with Crippen molar-refractivity contribution in [1.82, 2.24) is 9.97 Å². The van der Waals surface area contributed by atoms with Gasteiger partial charge in [-0.2, -0.15) is 0 Å². The van der Waals surface area contributed by atoms with Crippen LogP contribution in [0.3, 0.4) is 0 Å². The Morgan fingerprint density at radius 1 is 1.25 bits per heavy atom. The molecule has 1 aromatic heterocycles. The molecule has 1 heterocycles. The Bertz CT molecular complexity index is 680. The number of aromatic nitrogens is 2. The smallest absolute Gasteiger partial charge is 0.150 e. The van der Waals surface area contributed by atoms with Gasteiger partial charge in [-0.3, -0.25) is 9.97 Å². The normalized spacial score (nSPS) is 13.5. The highest BCUT2D eigenvalue weighted by Gasteiger charge is 2.13. The van der Waals surface area contributed by atoms with Gasteiger partial charge >= 0.3 is 0 Å². The highest BCUT2D eigenvalue weighted by Crippen LogP contribution is 2.22. The maximum atomic E-state index is 11.5. The molecule has 0 radical (unpaired) electrons. The molecule has 2 rings (SSSR count). The summed E-state index contributed by atoms with van der Waals surface area (Å²) in [6.45, 7) is 1.66. The largest absolute Gasteiger partial charge is 0.324 e. The predicted molar refractivity (Wildman–Crippen MR) is 80.0 cm³/mol. The molecule has 0 saturated heterocycles. The highest BCUT2D eigenvalue weighted by atomic mass is 32.2. The third-order valence-corrected chi connectivity index (χ3v) is 5.13. The highest BCUT2D eigenvalue weighted by molar-refractivity contribution is 7.91. The molecule has 0 aliphatic carbocycles. The lowest BCUT2D eigenvalue weighted by Crippen LogP contribution is -2.15. The maximum Gasteiger partial charge on any atom is 0.150 e. The fourth-order valence-corrected chi connectivity index (χ4v) is 3.03. The van der Waals surface area contributed by atoms with Gasteiger partial charge in [-0.1, -0.05) is 19.1 Å². The lowest BCUT2D eigenvalue weighted by Gasteiger charge is -2.13. The average Bonchev–Trinajstić information content (AvgIpc) is 2.46. The summed E-state index contributed by atoms with van der Waals surface area (Å²) in [5.74, 6) is 0.371. The number of nitrogens with zero attached hydrogens (tertiary/aromatic N) is 2. The zero-order valence-electron chi connectivity index (χ0n) is 11.5. The summed E-state index contributed by atoms with van der Waals surface area (Å²) < 4.78 is 22.9. The molecule has 0 saturated carbocycles. The molecule has 0 amide bonds. The molecular weight excluding hydrogens is 274 g/mol. The minimum Gasteiger partial charge on any atom is -0.324 e. The third-order valence-electron chi connectivity index (χ3n) is 3.34. The number of fused-ring (bicyclic) bond motifs is 1. The summed E-state index contributed by atoms with van der Waals surface area (Å²) in [6, 6.07) is 5.49. The number of hydrogen-bond donors (Lipinski definition) is 1. The van der Waals surface area contributed by atoms with Crippen molar-refractivity contribution in [2.24, 2.45) is 5.73 Å². The van der Waals surface area contributed by atoms with Gasteiger partial charge in [0.2, 0.25) is 0 Å². The molecule has 20 heavy (non-hydrogen) atoms. The van der Waals surface area contributed by atoms with Crippen LogP contribution in [0.15, 0.2) is 30.6 Å². The molecule has 2 aromatic rings. The molecular formula is C14H19N3O2S. The molecule has 0 aliphatic rings. The number of sulfone groups is 1. The fourth-order valence-electron chi connectivity index (χ4n) is 2.14. The molecule has 0 bridgehead atoms. The van der Waals surface area contributed by atoms with Gasteiger partial charge in [-0.15, -0.1) is 0 Å². The van der Waals surface area contributed by atoms with Gasteiger partial charge in [0, 0.05) is 24.2 Å². The second-order valence-electron chi connectivity index (χ2n) is 4.76. The van der Waals surface area contributed by atoms with E-state index in [1.165, 1.54) is 0 Å². The first-order valence-corrected chi connectivity index (χ1v) is 8.51. The van der Waals surface area contributed by atoms with Crippen LogP contribution in [0, 0.1) is 0 Å². The van der Waals surface area contributed by atoms with E-state index in [-0.39, 0.29) is 17.5 Å². The Labute approximate surface area is 119 Å². The number of nitrogens with two attached hydrogens (primary N) is 1. The van der Waals surface area contributed by atoms with Gasteiger partial charge in [0.25, 0.3) is 0 Å². The first kappa shape index (κ1) is 14.9. The van der Waals surface area contributed by atoms with Gasteiger partial charge in [-0.25, -0.2) is 8.42 Å². The number of rotatable bonds is 6. The van der Waals surface area contributed by atoms with Crippen molar-refractivity contribution in [3.63, 3.8) is 0 Å². The Hall–Kier alpha value is -1.53. The standard InChI is InChI=1S/C14H19N3O2S/c1-2-20(18,19)10-4-6-12(15)11-5-3-7-13-14(11)17-9-8-16-13/h3,5,7-9,12H,2,4,6,10,15H2,1H3. The number of hydrogen-bond acceptors (Lipinski definition) is 5. The van der Waals surface area contributed by atoms with Crippen LogP contribution in [0.5, 0.6) is 0 Å². The lowest BCUT2D eigenvalue weighted by atomic mass is 10.0. The van der Waals surface area contributed by atoms with Crippen molar-refractivity contribution in [2.75, 3.05) is 11.5 Å². The maximum absolute atomic E-state index is 11.5. The summed E-state index contributed by atoms with van der Waals surface area (Å²) >= 11 is 0. The van der Waals surface area contributed by atoms with Gasteiger partial charge < -0.3 is 5.73 Å². The van der Waals surface area contributed by atoms with Crippen molar-refractivity contribution >= 4 is 20.9 Å². The van der Waals surface area contributed by atoms with E-state index in [9.17, 15) is 8.42 Å². The molecule has 0 aliphatic heterocycles. The Morgan fingerprint density at radius 3 is 2.75 bits per heavy atom. The molecule has 0 fully saturated rings. The van der Waals surface area contributed by atoms with E-state index in [0.29, 0.717) is 12.8 Å². The second kappa shape index (κ2) is 6.28. The topological polar surface area (TPSA) is 85.9 Å². The van der Waals surface area contributed by atoms with Crippen molar-refractivity contribution < 1.29 is 8.42 Å². The Morgan fingerprint density at radius 2 is 2.00 bits per heavy atom. The van der Waals surface area contributed by atoms with Crippen molar-refractivity contribution in [2.45, 2.75) is 25.8 Å². The number of para-hydroxylation sites is 1. The van der Waals surface area contributed by atoms with Crippen molar-refractivity contribution in [3.05, 3.63) is 36.2 Å². The monoisotopic (exact) mass is 293 g/mol. The summed E-state index contributed by atoms with van der Waals surface area (Å²) in [6.07, 6.45) is 4.47. The molecule has 1 unspecified atom stereocenters. The van der Waals surface area contributed by atoms with Gasteiger partial charge in [0.1, 0.15) is 9.84 Å². The zero-order chi connectivity index (χ0) is 14.6. The van der Waals surface area contributed by atoms with Crippen LogP contribution in [0.25, 0.3) is 11.0 Å². The van der Waals surface area contributed by atoms with Gasteiger partial charge in [0.05, 0.1) is 16.8 Å². The van der Waals surface area contributed by atoms with Crippen molar-refractivity contribution in [1.29, 1.82) is 0 Å². The van der Waals surface area contributed by atoms with Crippen LogP contribution in [-0.2, 0) is 9.84 Å². The van der Waals surface area contributed by atoms with E-state index in [2.05, 4.69) is 9.97 Å². The first-order chi connectivity index (χ1) is 9.53. The Kier molecular flexibility index (Phi) is 4.67. The van der Waals surface area contributed by atoms with Crippen LogP contribution in [0.4, 0.5) is 0 Å².